The normalized spacial score (nSPS) is 11.1. The lowest BCUT2D eigenvalue weighted by Crippen LogP contribution is -2.41. The Morgan fingerprint density at radius 2 is 1.77 bits per heavy atom. The molecule has 158 valence electrons. The largest absolute Gasteiger partial charge is 0.270 e. The molecule has 0 saturated heterocycles. The maximum Gasteiger partial charge on any atom is 0.270 e. The van der Waals surface area contributed by atoms with Crippen LogP contribution in [0.15, 0.2) is 53.1 Å². The van der Waals surface area contributed by atoms with Crippen molar-refractivity contribution in [3.05, 3.63) is 69.1 Å². The van der Waals surface area contributed by atoms with Gasteiger partial charge in [0.25, 0.3) is 11.8 Å². The highest BCUT2D eigenvalue weighted by molar-refractivity contribution is 9.10. The molecular formula is C22H20BrN5O2S. The molecule has 1 aromatic carbocycles. The summed E-state index contributed by atoms with van der Waals surface area (Å²) in [6, 6.07) is 12.8. The molecule has 9 heteroatoms. The highest BCUT2D eigenvalue weighted by atomic mass is 79.9. The van der Waals surface area contributed by atoms with Crippen LogP contribution in [0.4, 0.5) is 0 Å². The number of hydrazine groups is 1. The molecule has 3 heterocycles. The molecule has 0 aliphatic rings. The first-order valence-corrected chi connectivity index (χ1v) is 11.3. The van der Waals surface area contributed by atoms with E-state index in [0.29, 0.717) is 32.3 Å². The van der Waals surface area contributed by atoms with Gasteiger partial charge < -0.3 is 0 Å². The van der Waals surface area contributed by atoms with Crippen molar-refractivity contribution in [1.29, 1.82) is 0 Å². The van der Waals surface area contributed by atoms with Gasteiger partial charge in [0, 0.05) is 15.4 Å². The first kappa shape index (κ1) is 21.2. The maximum absolute atomic E-state index is 13.0. The Labute approximate surface area is 191 Å². The number of thiophene rings is 1. The summed E-state index contributed by atoms with van der Waals surface area (Å²) in [5.74, 6) is -0.858. The lowest BCUT2D eigenvalue weighted by atomic mass is 10.1. The van der Waals surface area contributed by atoms with Crippen molar-refractivity contribution >= 4 is 50.1 Å². The van der Waals surface area contributed by atoms with Gasteiger partial charge in [0.1, 0.15) is 0 Å². The Bertz CT molecular complexity index is 1290. The molecule has 31 heavy (non-hydrogen) atoms. The molecule has 3 aromatic heterocycles. The number of aromatic nitrogens is 3. The number of hydrogen-bond donors (Lipinski definition) is 2. The fourth-order valence-corrected chi connectivity index (χ4v) is 4.47. The Morgan fingerprint density at radius 1 is 1.06 bits per heavy atom. The van der Waals surface area contributed by atoms with E-state index >= 15 is 0 Å². The predicted octanol–water partition coefficient (Wildman–Crippen LogP) is 4.89. The fraction of sp³-hybridized carbons (Fsp3) is 0.182. The predicted molar refractivity (Wildman–Crippen MR) is 125 cm³/mol. The Hall–Kier alpha value is -3.04. The van der Waals surface area contributed by atoms with E-state index in [2.05, 4.69) is 31.9 Å². The van der Waals surface area contributed by atoms with Crippen molar-refractivity contribution < 1.29 is 9.59 Å². The minimum absolute atomic E-state index is 0.0800. The molecule has 7 nitrogen and oxygen atoms in total. The van der Waals surface area contributed by atoms with E-state index in [-0.39, 0.29) is 6.04 Å². The van der Waals surface area contributed by atoms with Crippen molar-refractivity contribution in [2.24, 2.45) is 0 Å². The summed E-state index contributed by atoms with van der Waals surface area (Å²) >= 11 is 4.95. The number of aryl methyl sites for hydroxylation is 1. The number of nitrogens with one attached hydrogen (secondary N) is 2. The first-order valence-electron chi connectivity index (χ1n) is 9.65. The number of rotatable bonds is 4. The third-order valence-corrected chi connectivity index (χ3v) is 6.42. The molecule has 0 radical (unpaired) electrons. The average Bonchev–Trinajstić information content (AvgIpc) is 3.37. The second-order valence-corrected chi connectivity index (χ2v) is 9.42. The van der Waals surface area contributed by atoms with Crippen LogP contribution in [-0.4, -0.2) is 26.6 Å². The van der Waals surface area contributed by atoms with Crippen molar-refractivity contribution in [3.8, 4) is 10.6 Å². The number of nitrogens with zero attached hydrogens (tertiary/aromatic N) is 3. The smallest absolute Gasteiger partial charge is 0.267 e. The molecule has 0 unspecified atom stereocenters. The lowest BCUT2D eigenvalue weighted by Gasteiger charge is -2.11. The van der Waals surface area contributed by atoms with Crippen LogP contribution in [0.3, 0.4) is 0 Å². The van der Waals surface area contributed by atoms with Crippen LogP contribution in [0, 0.1) is 6.92 Å². The molecule has 2 amide bonds. The highest BCUT2D eigenvalue weighted by Gasteiger charge is 2.20. The Kier molecular flexibility index (Phi) is 5.88. The number of halogens is 1. The number of carbonyl (C=O) groups is 2. The highest BCUT2D eigenvalue weighted by Crippen LogP contribution is 2.30. The molecule has 0 aliphatic carbocycles. The average molecular weight is 498 g/mol. The molecule has 0 bridgehead atoms. The van der Waals surface area contributed by atoms with Gasteiger partial charge in [-0.1, -0.05) is 12.1 Å². The third kappa shape index (κ3) is 4.24. The van der Waals surface area contributed by atoms with Crippen LogP contribution in [0.25, 0.3) is 21.6 Å². The van der Waals surface area contributed by atoms with Crippen molar-refractivity contribution in [1.82, 2.24) is 25.6 Å². The molecule has 0 fully saturated rings. The maximum atomic E-state index is 13.0. The van der Waals surface area contributed by atoms with E-state index < -0.39 is 11.8 Å². The van der Waals surface area contributed by atoms with Crippen molar-refractivity contribution in [3.63, 3.8) is 0 Å². The van der Waals surface area contributed by atoms with Gasteiger partial charge in [0.05, 0.1) is 33.3 Å². The topological polar surface area (TPSA) is 88.9 Å². The van der Waals surface area contributed by atoms with Gasteiger partial charge in [-0.05, 0) is 67.0 Å². The number of amides is 2. The molecule has 4 aromatic rings. The minimum atomic E-state index is -0.439. The second-order valence-electron chi connectivity index (χ2n) is 7.27. The van der Waals surface area contributed by atoms with Gasteiger partial charge >= 0.3 is 0 Å². The van der Waals surface area contributed by atoms with E-state index in [1.54, 1.807) is 46.5 Å². The summed E-state index contributed by atoms with van der Waals surface area (Å²) in [7, 11) is 0. The van der Waals surface area contributed by atoms with Gasteiger partial charge in [-0.25, -0.2) is 9.67 Å². The monoisotopic (exact) mass is 497 g/mol. The van der Waals surface area contributed by atoms with E-state index in [0.717, 1.165) is 9.75 Å². The molecule has 0 aliphatic heterocycles. The van der Waals surface area contributed by atoms with Crippen LogP contribution >= 0.6 is 27.3 Å². The number of fused-ring (bicyclic) bond motifs is 1. The summed E-state index contributed by atoms with van der Waals surface area (Å²) in [6.45, 7) is 6.04. The van der Waals surface area contributed by atoms with Crippen LogP contribution < -0.4 is 10.9 Å². The zero-order valence-electron chi connectivity index (χ0n) is 17.1. The summed E-state index contributed by atoms with van der Waals surface area (Å²) in [4.78, 5) is 32.4. The Balaban J connectivity index is 1.69. The van der Waals surface area contributed by atoms with E-state index in [1.807, 2.05) is 39.0 Å². The van der Waals surface area contributed by atoms with Crippen LogP contribution in [0.2, 0.25) is 0 Å². The second kappa shape index (κ2) is 8.60. The zero-order chi connectivity index (χ0) is 22.1. The van der Waals surface area contributed by atoms with Crippen LogP contribution in [-0.2, 0) is 0 Å². The van der Waals surface area contributed by atoms with Gasteiger partial charge in [-0.2, -0.15) is 5.10 Å². The number of carbonyl (C=O) groups excluding carboxylic acids is 2. The van der Waals surface area contributed by atoms with Crippen LogP contribution in [0.1, 0.15) is 45.5 Å². The van der Waals surface area contributed by atoms with E-state index in [4.69, 9.17) is 4.98 Å². The van der Waals surface area contributed by atoms with Crippen LogP contribution in [0.5, 0.6) is 0 Å². The van der Waals surface area contributed by atoms with E-state index in [9.17, 15) is 9.59 Å². The zero-order valence-corrected chi connectivity index (χ0v) is 19.5. The Morgan fingerprint density at radius 3 is 2.42 bits per heavy atom. The quantitative estimate of drug-likeness (QED) is 0.393. The molecular weight excluding hydrogens is 478 g/mol. The summed E-state index contributed by atoms with van der Waals surface area (Å²) < 4.78 is 2.43. The first-order chi connectivity index (χ1) is 14.8. The summed E-state index contributed by atoms with van der Waals surface area (Å²) in [6.07, 6.45) is 1.64. The van der Waals surface area contributed by atoms with Gasteiger partial charge in [0.2, 0.25) is 0 Å². The minimum Gasteiger partial charge on any atom is -0.267 e. The SMILES string of the molecule is Cc1ccc(-c2cc(C(=O)NNC(=O)c3ccccc3Br)c3cnn(C(C)C)c3n2)s1. The summed E-state index contributed by atoms with van der Waals surface area (Å²) in [5.41, 5.74) is 7.13. The molecule has 4 rings (SSSR count). The fourth-order valence-electron chi connectivity index (χ4n) is 3.18. The molecule has 2 N–H and O–H groups in total. The molecule has 0 atom stereocenters. The lowest BCUT2D eigenvalue weighted by molar-refractivity contribution is 0.0847. The standard InChI is InChI=1S/C22H20BrN5O2S/c1-12(2)28-20-16(11-24-28)15(10-18(25-20)19-9-8-13(3)31-19)22(30)27-26-21(29)14-6-4-5-7-17(14)23/h4-12H,1-3H3,(H,26,29)(H,27,30). The third-order valence-electron chi connectivity index (χ3n) is 4.70. The molecule has 0 spiro atoms. The van der Waals surface area contributed by atoms with Gasteiger partial charge in [0.15, 0.2) is 5.65 Å². The summed E-state index contributed by atoms with van der Waals surface area (Å²) in [5, 5.41) is 5.04. The number of benzene rings is 1. The van der Waals surface area contributed by atoms with Crippen molar-refractivity contribution in [2.75, 3.05) is 0 Å². The number of pyridine rings is 1. The van der Waals surface area contributed by atoms with Gasteiger partial charge in [-0.15, -0.1) is 11.3 Å². The van der Waals surface area contributed by atoms with Gasteiger partial charge in [-0.3, -0.25) is 20.4 Å². The van der Waals surface area contributed by atoms with Crippen molar-refractivity contribution in [2.45, 2.75) is 26.8 Å². The van der Waals surface area contributed by atoms with E-state index in [1.165, 1.54) is 0 Å². The molecule has 0 saturated carbocycles. The number of hydrogen-bond acceptors (Lipinski definition) is 5.